The number of amidine groups is 1. The zero-order chi connectivity index (χ0) is 28.3. The molecule has 0 unspecified atom stereocenters. The first kappa shape index (κ1) is 30.0. The van der Waals surface area contributed by atoms with Crippen LogP contribution in [-0.4, -0.2) is 47.7 Å². The van der Waals surface area contributed by atoms with Crippen molar-refractivity contribution in [1.29, 1.82) is 0 Å². The molecule has 38 heavy (non-hydrogen) atoms. The van der Waals surface area contributed by atoms with E-state index in [1.54, 1.807) is 49.4 Å². The normalized spacial score (nSPS) is 12.4. The first-order chi connectivity index (χ1) is 17.8. The van der Waals surface area contributed by atoms with Crippen molar-refractivity contribution in [3.05, 3.63) is 54.1 Å². The molecule has 10 heteroatoms. The van der Waals surface area contributed by atoms with E-state index in [-0.39, 0.29) is 23.9 Å². The van der Waals surface area contributed by atoms with Crippen LogP contribution in [0, 0.1) is 11.3 Å². The number of anilines is 1. The molecule has 0 aliphatic rings. The predicted molar refractivity (Wildman–Crippen MR) is 146 cm³/mol. The van der Waals surface area contributed by atoms with Gasteiger partial charge in [0.2, 0.25) is 5.91 Å². The van der Waals surface area contributed by atoms with Gasteiger partial charge in [-0.2, -0.15) is 0 Å². The summed E-state index contributed by atoms with van der Waals surface area (Å²) in [5, 5.41) is 14.4. The fourth-order valence-electron chi connectivity index (χ4n) is 3.37. The van der Waals surface area contributed by atoms with Gasteiger partial charge in [0, 0.05) is 17.7 Å². The summed E-state index contributed by atoms with van der Waals surface area (Å²) < 4.78 is 5.71. The summed E-state index contributed by atoms with van der Waals surface area (Å²) in [6, 6.07) is 13.1. The monoisotopic (exact) mass is 524 g/mol. The van der Waals surface area contributed by atoms with E-state index >= 15 is 0 Å². The van der Waals surface area contributed by atoms with E-state index in [4.69, 9.17) is 10.5 Å². The molecule has 0 fully saturated rings. The van der Waals surface area contributed by atoms with Crippen LogP contribution >= 0.6 is 0 Å². The minimum absolute atomic E-state index is 0.150. The fourth-order valence-corrected chi connectivity index (χ4v) is 3.37. The van der Waals surface area contributed by atoms with E-state index in [0.29, 0.717) is 29.6 Å². The van der Waals surface area contributed by atoms with Crippen LogP contribution in [0.1, 0.15) is 57.3 Å². The number of carboxylic acids is 1. The third-order valence-electron chi connectivity index (χ3n) is 5.37. The molecule has 10 nitrogen and oxygen atoms in total. The number of hydrogen-bond donors (Lipinski definition) is 4. The van der Waals surface area contributed by atoms with Crippen molar-refractivity contribution in [2.45, 2.75) is 47.0 Å². The maximum absolute atomic E-state index is 12.8. The number of hydrogen-bond acceptors (Lipinski definition) is 6. The highest BCUT2D eigenvalue weighted by Gasteiger charge is 2.25. The quantitative estimate of drug-likeness (QED) is 0.228. The zero-order valence-corrected chi connectivity index (χ0v) is 22.2. The molecular formula is C28H36N4O6. The molecule has 2 aromatic carbocycles. The van der Waals surface area contributed by atoms with Crippen molar-refractivity contribution in [2.24, 2.45) is 22.1 Å². The van der Waals surface area contributed by atoms with Crippen LogP contribution in [-0.2, 0) is 14.4 Å². The van der Waals surface area contributed by atoms with Gasteiger partial charge in [0.25, 0.3) is 5.91 Å². The molecule has 204 valence electrons. The number of aliphatic imine (C=N–C) groups is 1. The van der Waals surface area contributed by atoms with Crippen LogP contribution in [0.25, 0.3) is 0 Å². The summed E-state index contributed by atoms with van der Waals surface area (Å²) in [4.78, 5) is 53.1. The second-order valence-corrected chi connectivity index (χ2v) is 10.2. The number of nitrogens with two attached hydrogens (primary N) is 1. The Labute approximate surface area is 222 Å². The van der Waals surface area contributed by atoms with Crippen molar-refractivity contribution >= 4 is 40.8 Å². The Bertz CT molecular complexity index is 1160. The largest absolute Gasteiger partial charge is 0.494 e. The predicted octanol–water partition coefficient (Wildman–Crippen LogP) is 3.93. The van der Waals surface area contributed by atoms with Gasteiger partial charge in [0.15, 0.2) is 5.78 Å². The van der Waals surface area contributed by atoms with Gasteiger partial charge in [-0.1, -0.05) is 26.8 Å². The summed E-state index contributed by atoms with van der Waals surface area (Å²) in [5.41, 5.74) is 6.94. The van der Waals surface area contributed by atoms with Crippen molar-refractivity contribution in [2.75, 3.05) is 18.5 Å². The summed E-state index contributed by atoms with van der Waals surface area (Å²) in [6.45, 7) is 8.20. The Hall–Kier alpha value is -4.21. The maximum Gasteiger partial charge on any atom is 0.304 e. The number of carboxylic acid groups (broad SMARTS) is 1. The zero-order valence-electron chi connectivity index (χ0n) is 22.2. The molecule has 0 radical (unpaired) electrons. The molecule has 0 bridgehead atoms. The second-order valence-electron chi connectivity index (χ2n) is 10.2. The third-order valence-corrected chi connectivity index (χ3v) is 5.37. The van der Waals surface area contributed by atoms with E-state index in [1.807, 2.05) is 0 Å². The standard InChI is InChI=1S/C28H36N4O6/c1-18(29)31-22-7-5-6-19(14-22)26(36)30-17-23(33)15-20(16-25(34)35)27(37)32-21-8-10-24(11-9-21)38-13-12-28(2,3)4/h5-11,14,20H,12-13,15-17H2,1-4H3,(H2,29,31)(H,30,36)(H,32,37)(H,34,35)/t20-/m0/s1. The van der Waals surface area contributed by atoms with Crippen LogP contribution in [0.3, 0.4) is 0 Å². The van der Waals surface area contributed by atoms with Gasteiger partial charge in [-0.05, 0) is 61.2 Å². The van der Waals surface area contributed by atoms with E-state index in [1.165, 1.54) is 6.07 Å². The average Bonchev–Trinajstić information content (AvgIpc) is 2.82. The lowest BCUT2D eigenvalue weighted by Gasteiger charge is -2.18. The number of nitrogens with one attached hydrogen (secondary N) is 2. The third kappa shape index (κ3) is 11.2. The number of benzene rings is 2. The Morgan fingerprint density at radius 1 is 1.05 bits per heavy atom. The van der Waals surface area contributed by atoms with Crippen molar-refractivity contribution in [1.82, 2.24) is 5.32 Å². The van der Waals surface area contributed by atoms with Gasteiger partial charge >= 0.3 is 5.97 Å². The number of Topliss-reactive ketones (excluding diaryl/α,β-unsaturated/α-hetero) is 1. The average molecular weight is 525 g/mol. The van der Waals surface area contributed by atoms with Crippen LogP contribution in [0.4, 0.5) is 11.4 Å². The molecular weight excluding hydrogens is 488 g/mol. The summed E-state index contributed by atoms with van der Waals surface area (Å²) in [6.07, 6.45) is 0.00682. The lowest BCUT2D eigenvalue weighted by atomic mass is 9.93. The first-order valence-corrected chi connectivity index (χ1v) is 12.3. The molecule has 5 N–H and O–H groups in total. The lowest BCUT2D eigenvalue weighted by molar-refractivity contribution is -0.140. The molecule has 0 saturated heterocycles. The molecule has 2 rings (SSSR count). The maximum atomic E-state index is 12.8. The van der Waals surface area contributed by atoms with Crippen molar-refractivity contribution in [3.8, 4) is 5.75 Å². The summed E-state index contributed by atoms with van der Waals surface area (Å²) in [5.74, 6) is -2.92. The molecule has 1 atom stereocenters. The van der Waals surface area contributed by atoms with Crippen molar-refractivity contribution < 1.29 is 29.0 Å². The number of rotatable bonds is 13. The van der Waals surface area contributed by atoms with Gasteiger partial charge in [-0.15, -0.1) is 0 Å². The minimum Gasteiger partial charge on any atom is -0.494 e. The smallest absolute Gasteiger partial charge is 0.304 e. The molecule has 0 saturated carbocycles. The number of nitrogens with zero attached hydrogens (tertiary/aromatic N) is 1. The van der Waals surface area contributed by atoms with Crippen LogP contribution in [0.15, 0.2) is 53.5 Å². The Balaban J connectivity index is 1.93. The Kier molecular flexibility index (Phi) is 11.0. The molecule has 0 aliphatic heterocycles. The van der Waals surface area contributed by atoms with E-state index in [2.05, 4.69) is 36.4 Å². The van der Waals surface area contributed by atoms with Crippen LogP contribution < -0.4 is 21.1 Å². The van der Waals surface area contributed by atoms with Gasteiger partial charge < -0.3 is 26.2 Å². The number of aliphatic carboxylic acids is 1. The first-order valence-electron chi connectivity index (χ1n) is 12.3. The van der Waals surface area contributed by atoms with Gasteiger partial charge in [-0.3, -0.25) is 19.2 Å². The number of amides is 2. The van der Waals surface area contributed by atoms with Crippen LogP contribution in [0.5, 0.6) is 5.75 Å². The number of ether oxygens (including phenoxy) is 1. The number of ketones is 1. The van der Waals surface area contributed by atoms with Gasteiger partial charge in [0.05, 0.1) is 37.0 Å². The van der Waals surface area contributed by atoms with Gasteiger partial charge in [0.1, 0.15) is 5.75 Å². The molecule has 2 aromatic rings. The highest BCUT2D eigenvalue weighted by atomic mass is 16.5. The van der Waals surface area contributed by atoms with E-state index < -0.39 is 35.9 Å². The van der Waals surface area contributed by atoms with Crippen LogP contribution in [0.2, 0.25) is 0 Å². The molecule has 0 aliphatic carbocycles. The minimum atomic E-state index is -1.21. The fraction of sp³-hybridized carbons (Fsp3) is 0.393. The summed E-state index contributed by atoms with van der Waals surface area (Å²) in [7, 11) is 0. The van der Waals surface area contributed by atoms with E-state index in [9.17, 15) is 24.3 Å². The molecule has 2 amide bonds. The Morgan fingerprint density at radius 3 is 2.34 bits per heavy atom. The Morgan fingerprint density at radius 2 is 1.74 bits per heavy atom. The molecule has 0 spiro atoms. The lowest BCUT2D eigenvalue weighted by Crippen LogP contribution is -2.33. The number of carbonyl (C=O) groups excluding carboxylic acids is 3. The second kappa shape index (κ2) is 13.9. The highest BCUT2D eigenvalue weighted by Crippen LogP contribution is 2.22. The van der Waals surface area contributed by atoms with E-state index in [0.717, 1.165) is 6.42 Å². The molecule has 0 heterocycles. The van der Waals surface area contributed by atoms with Gasteiger partial charge in [-0.25, -0.2) is 4.99 Å². The van der Waals surface area contributed by atoms with Crippen molar-refractivity contribution in [3.63, 3.8) is 0 Å². The highest BCUT2D eigenvalue weighted by molar-refractivity contribution is 6.00. The topological polar surface area (TPSA) is 160 Å². The SMILES string of the molecule is CC(N)=Nc1cccc(C(=O)NCC(=O)C[C@@H](CC(=O)O)C(=O)Nc2ccc(OCCC(C)(C)C)cc2)c1. The summed E-state index contributed by atoms with van der Waals surface area (Å²) >= 11 is 0. The number of carbonyl (C=O) groups is 4. The molecule has 0 aromatic heterocycles.